The van der Waals surface area contributed by atoms with Gasteiger partial charge in [0, 0.05) is 52.2 Å². The second kappa shape index (κ2) is 4.28. The van der Waals surface area contributed by atoms with Gasteiger partial charge >= 0.3 is 0 Å². The third-order valence-electron chi connectivity index (χ3n) is 3.31. The number of likely N-dealkylation sites (N-methyl/N-ethyl adjacent to an activating group) is 1. The van der Waals surface area contributed by atoms with E-state index >= 15 is 0 Å². The van der Waals surface area contributed by atoms with Crippen molar-refractivity contribution >= 4 is 5.91 Å². The first-order valence-electron chi connectivity index (χ1n) is 5.46. The highest BCUT2D eigenvalue weighted by atomic mass is 16.2. The molecule has 2 heterocycles. The zero-order valence-electron chi connectivity index (χ0n) is 8.83. The molecule has 4 heteroatoms. The number of hydrogen-bond donors (Lipinski definition) is 1. The van der Waals surface area contributed by atoms with Crippen LogP contribution in [0.15, 0.2) is 0 Å². The Morgan fingerprint density at radius 1 is 1.43 bits per heavy atom. The summed E-state index contributed by atoms with van der Waals surface area (Å²) in [5.74, 6) is 0.310. The predicted molar refractivity (Wildman–Crippen MR) is 55.1 cm³/mol. The third kappa shape index (κ3) is 2.07. The number of hydrogen-bond acceptors (Lipinski definition) is 3. The van der Waals surface area contributed by atoms with Gasteiger partial charge in [0.05, 0.1) is 0 Å². The number of amides is 1. The molecular formula is C10H19N3O. The Kier molecular flexibility index (Phi) is 3.03. The molecule has 0 aromatic heterocycles. The monoisotopic (exact) mass is 197 g/mol. The highest BCUT2D eigenvalue weighted by Crippen LogP contribution is 2.17. The molecule has 0 spiro atoms. The van der Waals surface area contributed by atoms with Crippen LogP contribution >= 0.6 is 0 Å². The lowest BCUT2D eigenvalue weighted by atomic mass is 10.2. The summed E-state index contributed by atoms with van der Waals surface area (Å²) in [6.07, 6.45) is 1.78. The second-order valence-corrected chi connectivity index (χ2v) is 4.25. The zero-order chi connectivity index (χ0) is 9.97. The lowest BCUT2D eigenvalue weighted by Crippen LogP contribution is -2.48. The van der Waals surface area contributed by atoms with Crippen LogP contribution in [0, 0.1) is 0 Å². The molecule has 0 aromatic carbocycles. The Hall–Kier alpha value is -0.610. The van der Waals surface area contributed by atoms with Crippen LogP contribution in [-0.4, -0.2) is 61.5 Å². The van der Waals surface area contributed by atoms with Crippen molar-refractivity contribution in [3.8, 4) is 0 Å². The molecule has 2 aliphatic rings. The summed E-state index contributed by atoms with van der Waals surface area (Å²) in [7, 11) is 1.93. The molecule has 1 N–H and O–H groups in total. The first-order chi connectivity index (χ1) is 6.77. The van der Waals surface area contributed by atoms with Gasteiger partial charge in [-0.1, -0.05) is 0 Å². The zero-order valence-corrected chi connectivity index (χ0v) is 8.83. The van der Waals surface area contributed by atoms with Crippen LogP contribution in [-0.2, 0) is 4.79 Å². The third-order valence-corrected chi connectivity index (χ3v) is 3.31. The SMILES string of the molecule is CN1C(=O)CCC1CN1CCNCC1. The molecule has 2 aliphatic heterocycles. The van der Waals surface area contributed by atoms with Gasteiger partial charge in [0.2, 0.25) is 5.91 Å². The minimum absolute atomic E-state index is 0.310. The van der Waals surface area contributed by atoms with E-state index in [0.717, 1.165) is 45.6 Å². The quantitative estimate of drug-likeness (QED) is 0.649. The first-order valence-corrected chi connectivity index (χ1v) is 5.46. The average Bonchev–Trinajstić information content (AvgIpc) is 2.52. The average molecular weight is 197 g/mol. The molecule has 1 unspecified atom stereocenters. The molecule has 4 nitrogen and oxygen atoms in total. The topological polar surface area (TPSA) is 35.6 Å². The maximum Gasteiger partial charge on any atom is 0.222 e. The smallest absolute Gasteiger partial charge is 0.222 e. The summed E-state index contributed by atoms with van der Waals surface area (Å²) < 4.78 is 0. The number of nitrogens with one attached hydrogen (secondary N) is 1. The fourth-order valence-corrected chi connectivity index (χ4v) is 2.27. The molecule has 0 saturated carbocycles. The summed E-state index contributed by atoms with van der Waals surface area (Å²) in [6.45, 7) is 5.48. The highest BCUT2D eigenvalue weighted by Gasteiger charge is 2.29. The minimum Gasteiger partial charge on any atom is -0.341 e. The van der Waals surface area contributed by atoms with Gasteiger partial charge in [0.15, 0.2) is 0 Å². The second-order valence-electron chi connectivity index (χ2n) is 4.25. The number of nitrogens with zero attached hydrogens (tertiary/aromatic N) is 2. The normalized spacial score (nSPS) is 29.9. The largest absolute Gasteiger partial charge is 0.341 e. The Bertz CT molecular complexity index is 213. The van der Waals surface area contributed by atoms with Crippen molar-refractivity contribution in [2.75, 3.05) is 39.8 Å². The van der Waals surface area contributed by atoms with E-state index in [1.807, 2.05) is 11.9 Å². The predicted octanol–water partition coefficient (Wildman–Crippen LogP) is -0.488. The molecule has 14 heavy (non-hydrogen) atoms. The Morgan fingerprint density at radius 2 is 2.14 bits per heavy atom. The Morgan fingerprint density at radius 3 is 2.71 bits per heavy atom. The molecule has 2 saturated heterocycles. The van der Waals surface area contributed by atoms with Crippen molar-refractivity contribution in [3.63, 3.8) is 0 Å². The van der Waals surface area contributed by atoms with Gasteiger partial charge in [-0.25, -0.2) is 0 Å². The van der Waals surface area contributed by atoms with Gasteiger partial charge < -0.3 is 10.2 Å². The van der Waals surface area contributed by atoms with E-state index in [2.05, 4.69) is 10.2 Å². The molecule has 0 aliphatic carbocycles. The molecule has 1 atom stereocenters. The number of likely N-dealkylation sites (tertiary alicyclic amines) is 1. The van der Waals surface area contributed by atoms with Gasteiger partial charge in [0.1, 0.15) is 0 Å². The van der Waals surface area contributed by atoms with Gasteiger partial charge in [-0.15, -0.1) is 0 Å². The molecule has 0 aromatic rings. The lowest BCUT2D eigenvalue weighted by Gasteiger charge is -2.31. The summed E-state index contributed by atoms with van der Waals surface area (Å²) in [5.41, 5.74) is 0. The number of rotatable bonds is 2. The van der Waals surface area contributed by atoms with Crippen LogP contribution in [0.5, 0.6) is 0 Å². The summed E-state index contributed by atoms with van der Waals surface area (Å²) in [4.78, 5) is 15.7. The standard InChI is InChI=1S/C10H19N3O/c1-12-9(2-3-10(12)14)8-13-6-4-11-5-7-13/h9,11H,2-8H2,1H3. The van der Waals surface area contributed by atoms with Crippen LogP contribution in [0.2, 0.25) is 0 Å². The van der Waals surface area contributed by atoms with Crippen LogP contribution in [0.25, 0.3) is 0 Å². The summed E-state index contributed by atoms with van der Waals surface area (Å²) >= 11 is 0. The van der Waals surface area contributed by atoms with Crippen LogP contribution in [0.1, 0.15) is 12.8 Å². The van der Waals surface area contributed by atoms with Crippen LogP contribution < -0.4 is 5.32 Å². The van der Waals surface area contributed by atoms with E-state index in [-0.39, 0.29) is 0 Å². The van der Waals surface area contributed by atoms with Crippen molar-refractivity contribution < 1.29 is 4.79 Å². The molecule has 2 rings (SSSR count). The van der Waals surface area contributed by atoms with E-state index < -0.39 is 0 Å². The number of carbonyl (C=O) groups excluding carboxylic acids is 1. The molecule has 2 fully saturated rings. The molecule has 1 amide bonds. The molecule has 0 bridgehead atoms. The van der Waals surface area contributed by atoms with Crippen molar-refractivity contribution in [2.24, 2.45) is 0 Å². The van der Waals surface area contributed by atoms with E-state index in [4.69, 9.17) is 0 Å². The maximum atomic E-state index is 11.3. The van der Waals surface area contributed by atoms with Crippen molar-refractivity contribution in [2.45, 2.75) is 18.9 Å². The minimum atomic E-state index is 0.310. The summed E-state index contributed by atoms with van der Waals surface area (Å²) in [5, 5.41) is 3.34. The molecule has 80 valence electrons. The molecular weight excluding hydrogens is 178 g/mol. The van der Waals surface area contributed by atoms with E-state index in [1.165, 1.54) is 0 Å². The van der Waals surface area contributed by atoms with E-state index in [0.29, 0.717) is 11.9 Å². The van der Waals surface area contributed by atoms with Gasteiger partial charge in [-0.3, -0.25) is 9.69 Å². The lowest BCUT2D eigenvalue weighted by molar-refractivity contribution is -0.127. The molecule has 0 radical (unpaired) electrons. The van der Waals surface area contributed by atoms with Crippen molar-refractivity contribution in [1.29, 1.82) is 0 Å². The van der Waals surface area contributed by atoms with Gasteiger partial charge in [-0.2, -0.15) is 0 Å². The number of carbonyl (C=O) groups is 1. The van der Waals surface area contributed by atoms with Gasteiger partial charge in [0.25, 0.3) is 0 Å². The van der Waals surface area contributed by atoms with Crippen LogP contribution in [0.3, 0.4) is 0 Å². The highest BCUT2D eigenvalue weighted by molar-refractivity contribution is 5.78. The van der Waals surface area contributed by atoms with Gasteiger partial charge in [-0.05, 0) is 6.42 Å². The fraction of sp³-hybridized carbons (Fsp3) is 0.900. The number of piperazine rings is 1. The van der Waals surface area contributed by atoms with Crippen molar-refractivity contribution in [1.82, 2.24) is 15.1 Å². The van der Waals surface area contributed by atoms with Crippen molar-refractivity contribution in [3.05, 3.63) is 0 Å². The maximum absolute atomic E-state index is 11.3. The van der Waals surface area contributed by atoms with E-state index in [1.54, 1.807) is 0 Å². The first kappa shape index (κ1) is 9.93. The van der Waals surface area contributed by atoms with Crippen LogP contribution in [0.4, 0.5) is 0 Å². The Balaban J connectivity index is 1.81. The fourth-order valence-electron chi connectivity index (χ4n) is 2.27. The summed E-state index contributed by atoms with van der Waals surface area (Å²) in [6, 6.07) is 0.459. The Labute approximate surface area is 85.2 Å². The van der Waals surface area contributed by atoms with E-state index in [9.17, 15) is 4.79 Å².